The highest BCUT2D eigenvalue weighted by molar-refractivity contribution is 8.23. The van der Waals surface area contributed by atoms with Crippen LogP contribution in [0.4, 0.5) is 0 Å². The van der Waals surface area contributed by atoms with Gasteiger partial charge in [-0.3, -0.25) is 9.59 Å². The van der Waals surface area contributed by atoms with Crippen molar-refractivity contribution in [3.8, 4) is 0 Å². The number of benzene rings is 1. The summed E-state index contributed by atoms with van der Waals surface area (Å²) in [6.07, 6.45) is 4.42. The molecule has 0 aliphatic carbocycles. The Morgan fingerprint density at radius 2 is 1.17 bits per heavy atom. The van der Waals surface area contributed by atoms with Crippen LogP contribution in [-0.2, 0) is 9.59 Å². The molecule has 2 aliphatic heterocycles. The number of carbonyl (C=O) groups is 2. The quantitative estimate of drug-likeness (QED) is 0.209. The van der Waals surface area contributed by atoms with Gasteiger partial charge < -0.3 is 0 Å². The molecule has 6 atom stereocenters. The fourth-order valence-corrected chi connectivity index (χ4v) is 16.1. The highest BCUT2D eigenvalue weighted by Crippen LogP contribution is 2.52. The van der Waals surface area contributed by atoms with Gasteiger partial charge in [-0.05, 0) is 48.6 Å². The lowest BCUT2D eigenvalue weighted by atomic mass is 10.1. The van der Waals surface area contributed by atoms with Crippen molar-refractivity contribution in [2.75, 3.05) is 35.5 Å². The third kappa shape index (κ3) is 8.93. The Morgan fingerprint density at radius 1 is 0.806 bits per heavy atom. The molecule has 10 heteroatoms. The predicted molar refractivity (Wildman–Crippen MR) is 179 cm³/mol. The van der Waals surface area contributed by atoms with Gasteiger partial charge in [0.1, 0.15) is 0 Å². The summed E-state index contributed by atoms with van der Waals surface area (Å²) in [6.45, 7) is 11.1. The number of hydrogen-bond acceptors (Lipinski definition) is 10. The van der Waals surface area contributed by atoms with E-state index in [4.69, 9.17) is 0 Å². The fraction of sp³-hybridized carbons (Fsp3) is 0.538. The molecular weight excluding hydrogens is 601 g/mol. The molecule has 0 radical (unpaired) electrons. The molecule has 0 aromatic heterocycles. The monoisotopic (exact) mass is 634 g/mol. The molecule has 0 bridgehead atoms. The van der Waals surface area contributed by atoms with E-state index in [2.05, 4.69) is 49.9 Å². The van der Waals surface area contributed by atoms with Crippen molar-refractivity contribution in [2.45, 2.75) is 44.0 Å². The number of thioether (sulfide) groups is 8. The van der Waals surface area contributed by atoms with Gasteiger partial charge in [-0.25, -0.2) is 0 Å². The average Bonchev–Trinajstić information content (AvgIpc) is 3.53. The Bertz CT molecular complexity index is 859. The maximum Gasteiger partial charge on any atom is 0.214 e. The molecule has 2 saturated heterocycles. The third-order valence-electron chi connectivity index (χ3n) is 5.64. The van der Waals surface area contributed by atoms with Crippen LogP contribution in [0.1, 0.15) is 35.5 Å². The second-order valence-corrected chi connectivity index (χ2v) is 18.4. The van der Waals surface area contributed by atoms with Crippen LogP contribution >= 0.6 is 94.1 Å². The van der Waals surface area contributed by atoms with Crippen molar-refractivity contribution < 1.29 is 9.59 Å². The van der Waals surface area contributed by atoms with Crippen molar-refractivity contribution in [2.24, 2.45) is 0 Å². The highest BCUT2D eigenvalue weighted by Gasteiger charge is 2.35. The first-order chi connectivity index (χ1) is 17.2. The second kappa shape index (κ2) is 15.6. The summed E-state index contributed by atoms with van der Waals surface area (Å²) in [4.78, 5) is 23.8. The molecule has 0 N–H and O–H groups in total. The lowest BCUT2D eigenvalue weighted by molar-refractivity contribution is -0.108. The van der Waals surface area contributed by atoms with Gasteiger partial charge in [0.15, 0.2) is 0 Å². The van der Waals surface area contributed by atoms with E-state index < -0.39 is 0 Å². The number of carbonyl (C=O) groups excluding carboxylic acids is 2. The summed E-state index contributed by atoms with van der Waals surface area (Å²) < 4.78 is 1.02. The molecule has 6 unspecified atom stereocenters. The molecule has 0 spiro atoms. The minimum absolute atomic E-state index is 0.119. The molecule has 0 saturated carbocycles. The summed E-state index contributed by atoms with van der Waals surface area (Å²) in [7, 11) is 0. The van der Waals surface area contributed by atoms with Crippen LogP contribution in [0, 0.1) is 0 Å². The SMILES string of the molecule is C=C(C)C(=O)SCC1CSC(C(SC)c2ccc(C(SC)C3SCC(CSC(=O)C(=C)C)S3)cc2)S1. The maximum atomic E-state index is 11.9. The van der Waals surface area contributed by atoms with Gasteiger partial charge in [0.2, 0.25) is 10.2 Å². The molecule has 2 fully saturated rings. The molecular formula is C26H34O2S8. The Morgan fingerprint density at radius 3 is 1.47 bits per heavy atom. The van der Waals surface area contributed by atoms with E-state index >= 15 is 0 Å². The lowest BCUT2D eigenvalue weighted by Crippen LogP contribution is -2.11. The topological polar surface area (TPSA) is 34.1 Å². The Balaban J connectivity index is 1.56. The van der Waals surface area contributed by atoms with Crippen molar-refractivity contribution >= 4 is 104 Å². The van der Waals surface area contributed by atoms with E-state index in [1.54, 1.807) is 13.8 Å². The van der Waals surface area contributed by atoms with E-state index in [-0.39, 0.29) is 10.2 Å². The van der Waals surface area contributed by atoms with Gasteiger partial charge in [0, 0.05) is 33.5 Å². The molecule has 198 valence electrons. The maximum absolute atomic E-state index is 11.9. The molecule has 3 rings (SSSR count). The minimum Gasteiger partial charge on any atom is -0.282 e. The van der Waals surface area contributed by atoms with Crippen LogP contribution in [0.3, 0.4) is 0 Å². The van der Waals surface area contributed by atoms with Gasteiger partial charge >= 0.3 is 0 Å². The van der Waals surface area contributed by atoms with Crippen LogP contribution in [0.2, 0.25) is 0 Å². The molecule has 1 aromatic rings. The zero-order valence-electron chi connectivity index (χ0n) is 21.1. The summed E-state index contributed by atoms with van der Waals surface area (Å²) in [5, 5.41) is 2.14. The van der Waals surface area contributed by atoms with Crippen LogP contribution < -0.4 is 0 Å². The van der Waals surface area contributed by atoms with Gasteiger partial charge in [0.25, 0.3) is 0 Å². The summed E-state index contributed by atoms with van der Waals surface area (Å²) in [5.74, 6) is 3.94. The third-order valence-corrected chi connectivity index (χ3v) is 18.0. The largest absolute Gasteiger partial charge is 0.282 e. The van der Waals surface area contributed by atoms with Gasteiger partial charge in [-0.15, -0.1) is 47.0 Å². The van der Waals surface area contributed by atoms with Gasteiger partial charge in [0.05, 0.1) is 19.7 Å². The molecule has 2 aliphatic rings. The predicted octanol–water partition coefficient (Wildman–Crippen LogP) is 8.52. The minimum atomic E-state index is 0.119. The first-order valence-electron chi connectivity index (χ1n) is 11.6. The van der Waals surface area contributed by atoms with Crippen molar-refractivity contribution in [3.63, 3.8) is 0 Å². The Hall–Kier alpha value is 0.840. The van der Waals surface area contributed by atoms with Crippen LogP contribution in [0.5, 0.6) is 0 Å². The van der Waals surface area contributed by atoms with Crippen LogP contribution in [0.25, 0.3) is 0 Å². The molecule has 2 nitrogen and oxygen atoms in total. The first-order valence-corrected chi connectivity index (χ1v) is 20.1. The smallest absolute Gasteiger partial charge is 0.214 e. The van der Waals surface area contributed by atoms with E-state index in [1.807, 2.05) is 70.6 Å². The van der Waals surface area contributed by atoms with Gasteiger partial charge in [-0.1, -0.05) is 60.9 Å². The summed E-state index contributed by atoms with van der Waals surface area (Å²) in [6, 6.07) is 9.32. The van der Waals surface area contributed by atoms with Crippen molar-refractivity contribution in [3.05, 3.63) is 59.7 Å². The van der Waals surface area contributed by atoms with E-state index in [0.717, 1.165) is 23.0 Å². The molecule has 36 heavy (non-hydrogen) atoms. The second-order valence-electron chi connectivity index (χ2n) is 8.66. The van der Waals surface area contributed by atoms with Crippen molar-refractivity contribution in [1.82, 2.24) is 0 Å². The fourth-order valence-electron chi connectivity index (χ4n) is 3.70. The first kappa shape index (κ1) is 31.4. The molecule has 0 amide bonds. The highest BCUT2D eigenvalue weighted by atomic mass is 32.2. The zero-order chi connectivity index (χ0) is 26.2. The molecule has 1 aromatic carbocycles. The van der Waals surface area contributed by atoms with Crippen molar-refractivity contribution in [1.29, 1.82) is 0 Å². The number of rotatable bonds is 12. The van der Waals surface area contributed by atoms with E-state index in [1.165, 1.54) is 34.7 Å². The van der Waals surface area contributed by atoms with E-state index in [9.17, 15) is 9.59 Å². The summed E-state index contributed by atoms with van der Waals surface area (Å²) >= 11 is 14.8. The zero-order valence-corrected chi connectivity index (χ0v) is 27.6. The normalized spacial score (nSPS) is 25.4. The average molecular weight is 635 g/mol. The number of hydrogen-bond donors (Lipinski definition) is 0. The van der Waals surface area contributed by atoms with E-state index in [0.29, 0.717) is 41.3 Å². The Labute approximate surface area is 251 Å². The van der Waals surface area contributed by atoms with Gasteiger partial charge in [-0.2, -0.15) is 23.5 Å². The lowest BCUT2D eigenvalue weighted by Gasteiger charge is -2.24. The van der Waals surface area contributed by atoms with Crippen LogP contribution in [-0.4, -0.2) is 65.4 Å². The standard InChI is InChI=1S/C26H34O2S8/c1-15(2)23(27)31-11-19-13-33-25(35-19)21(29-5)17-7-9-18(10-8-17)22(30-6)26-34-14-20(36-26)12-32-24(28)16(3)4/h7-10,19-22,25-26H,1,3,11-14H2,2,4-6H3. The summed E-state index contributed by atoms with van der Waals surface area (Å²) in [5.41, 5.74) is 4.06. The molecule has 2 heterocycles. The van der Waals surface area contributed by atoms with Crippen LogP contribution in [0.15, 0.2) is 48.6 Å². The Kier molecular flexibility index (Phi) is 13.6.